The maximum absolute atomic E-state index is 12.2. The van der Waals surface area contributed by atoms with Gasteiger partial charge >= 0.3 is 0 Å². The van der Waals surface area contributed by atoms with Gasteiger partial charge in [0.25, 0.3) is 0 Å². The van der Waals surface area contributed by atoms with Crippen LogP contribution in [0.2, 0.25) is 0 Å². The second-order valence-electron chi connectivity index (χ2n) is 6.06. The van der Waals surface area contributed by atoms with E-state index in [4.69, 9.17) is 5.73 Å². The fraction of sp³-hybridized carbons (Fsp3) is 1.00. The zero-order valence-electron chi connectivity index (χ0n) is 10.2. The van der Waals surface area contributed by atoms with Crippen molar-refractivity contribution in [3.63, 3.8) is 0 Å². The Kier molecular flexibility index (Phi) is 2.96. The Morgan fingerprint density at radius 2 is 1.88 bits per heavy atom. The first-order chi connectivity index (χ1) is 8.06. The van der Waals surface area contributed by atoms with Gasteiger partial charge in [-0.25, -0.2) is 12.7 Å². The van der Waals surface area contributed by atoms with E-state index in [9.17, 15) is 8.42 Å². The standard InChI is InChI=1S/C12H22N2O2S/c13-12-3-1-2-10-6-14(7-11(10)12)17(15,16)8-9-4-5-9/h9-12H,1-8,13H2. The molecule has 2 N–H and O–H groups in total. The maximum atomic E-state index is 12.2. The number of hydrogen-bond acceptors (Lipinski definition) is 3. The van der Waals surface area contributed by atoms with E-state index in [1.54, 1.807) is 4.31 Å². The quantitative estimate of drug-likeness (QED) is 0.814. The number of nitrogens with zero attached hydrogens (tertiary/aromatic N) is 1. The summed E-state index contributed by atoms with van der Waals surface area (Å²) in [5.74, 6) is 1.75. The van der Waals surface area contributed by atoms with E-state index in [0.29, 0.717) is 30.1 Å². The highest BCUT2D eigenvalue weighted by atomic mass is 32.2. The van der Waals surface area contributed by atoms with Gasteiger partial charge in [0.15, 0.2) is 0 Å². The van der Waals surface area contributed by atoms with E-state index in [1.165, 1.54) is 6.42 Å². The summed E-state index contributed by atoms with van der Waals surface area (Å²) < 4.78 is 26.2. The predicted molar refractivity (Wildman–Crippen MR) is 66.9 cm³/mol. The second-order valence-corrected chi connectivity index (χ2v) is 8.07. The van der Waals surface area contributed by atoms with Crippen molar-refractivity contribution in [3.8, 4) is 0 Å². The molecule has 4 nitrogen and oxygen atoms in total. The SMILES string of the molecule is NC1CCCC2CN(S(=O)(=O)CC3CC3)CC12. The predicted octanol–water partition coefficient (Wildman–Crippen LogP) is 0.785. The molecule has 5 heteroatoms. The van der Waals surface area contributed by atoms with Crippen LogP contribution in [-0.2, 0) is 10.0 Å². The Bertz CT molecular complexity index is 391. The van der Waals surface area contributed by atoms with Crippen LogP contribution in [0.25, 0.3) is 0 Å². The number of nitrogens with two attached hydrogens (primary N) is 1. The highest BCUT2D eigenvalue weighted by Gasteiger charge is 2.43. The van der Waals surface area contributed by atoms with E-state index in [2.05, 4.69) is 0 Å². The van der Waals surface area contributed by atoms with E-state index in [-0.39, 0.29) is 6.04 Å². The molecule has 3 rings (SSSR count). The minimum atomic E-state index is -3.00. The fourth-order valence-electron chi connectivity index (χ4n) is 3.39. The Morgan fingerprint density at radius 1 is 1.12 bits per heavy atom. The van der Waals surface area contributed by atoms with Gasteiger partial charge < -0.3 is 5.73 Å². The smallest absolute Gasteiger partial charge is 0.214 e. The molecule has 0 radical (unpaired) electrons. The summed E-state index contributed by atoms with van der Waals surface area (Å²) in [6.07, 6.45) is 5.59. The van der Waals surface area contributed by atoms with Gasteiger partial charge in [-0.1, -0.05) is 6.42 Å². The Morgan fingerprint density at radius 3 is 2.53 bits per heavy atom. The average Bonchev–Trinajstić information content (AvgIpc) is 2.94. The molecule has 98 valence electrons. The lowest BCUT2D eigenvalue weighted by atomic mass is 9.78. The van der Waals surface area contributed by atoms with Crippen molar-refractivity contribution in [2.45, 2.75) is 38.1 Å². The molecule has 2 aliphatic carbocycles. The number of fused-ring (bicyclic) bond motifs is 1. The summed E-state index contributed by atoms with van der Waals surface area (Å²) in [6, 6.07) is 0.217. The molecule has 2 saturated carbocycles. The monoisotopic (exact) mass is 258 g/mol. The van der Waals surface area contributed by atoms with Crippen LogP contribution >= 0.6 is 0 Å². The summed E-state index contributed by atoms with van der Waals surface area (Å²) in [4.78, 5) is 0. The van der Waals surface area contributed by atoms with Crippen LogP contribution in [0, 0.1) is 17.8 Å². The van der Waals surface area contributed by atoms with Crippen LogP contribution in [0.15, 0.2) is 0 Å². The van der Waals surface area contributed by atoms with Gasteiger partial charge in [0.2, 0.25) is 10.0 Å². The Hall–Kier alpha value is -0.130. The van der Waals surface area contributed by atoms with E-state index >= 15 is 0 Å². The molecule has 0 aromatic rings. The van der Waals surface area contributed by atoms with Crippen LogP contribution in [0.1, 0.15) is 32.1 Å². The van der Waals surface area contributed by atoms with Gasteiger partial charge in [-0.15, -0.1) is 0 Å². The summed E-state index contributed by atoms with van der Waals surface area (Å²) in [5, 5.41) is 0. The molecule has 1 aliphatic heterocycles. The zero-order valence-corrected chi connectivity index (χ0v) is 11.0. The number of rotatable bonds is 3. The molecule has 1 saturated heterocycles. The molecule has 17 heavy (non-hydrogen) atoms. The molecule has 3 aliphatic rings. The Labute approximate surface area is 104 Å². The second kappa shape index (κ2) is 4.21. The van der Waals surface area contributed by atoms with Gasteiger partial charge in [-0.2, -0.15) is 0 Å². The van der Waals surface area contributed by atoms with Gasteiger partial charge in [0, 0.05) is 19.1 Å². The van der Waals surface area contributed by atoms with Gasteiger partial charge in [-0.05, 0) is 43.4 Å². The molecule has 0 aromatic carbocycles. The van der Waals surface area contributed by atoms with E-state index in [0.717, 1.165) is 32.2 Å². The maximum Gasteiger partial charge on any atom is 0.214 e. The van der Waals surface area contributed by atoms with Crippen molar-refractivity contribution >= 4 is 10.0 Å². The van der Waals surface area contributed by atoms with E-state index in [1.807, 2.05) is 0 Å². The van der Waals surface area contributed by atoms with Crippen molar-refractivity contribution in [1.29, 1.82) is 0 Å². The zero-order chi connectivity index (χ0) is 12.0. The Balaban J connectivity index is 1.69. The summed E-state index contributed by atoms with van der Waals surface area (Å²) in [7, 11) is -3.00. The molecule has 0 bridgehead atoms. The fourth-order valence-corrected chi connectivity index (χ4v) is 5.35. The van der Waals surface area contributed by atoms with Crippen LogP contribution in [0.5, 0.6) is 0 Å². The van der Waals surface area contributed by atoms with Gasteiger partial charge in [0.05, 0.1) is 5.75 Å². The number of hydrogen-bond donors (Lipinski definition) is 1. The number of sulfonamides is 1. The van der Waals surface area contributed by atoms with Crippen molar-refractivity contribution in [2.24, 2.45) is 23.5 Å². The molecule has 0 aromatic heterocycles. The van der Waals surface area contributed by atoms with Crippen molar-refractivity contribution in [1.82, 2.24) is 4.31 Å². The highest BCUT2D eigenvalue weighted by Crippen LogP contribution is 2.38. The largest absolute Gasteiger partial charge is 0.327 e. The molecule has 0 spiro atoms. The van der Waals surface area contributed by atoms with Gasteiger partial charge in [-0.3, -0.25) is 0 Å². The summed E-state index contributed by atoms with van der Waals surface area (Å²) >= 11 is 0. The first-order valence-corrected chi connectivity index (χ1v) is 8.40. The van der Waals surface area contributed by atoms with Crippen LogP contribution in [-0.4, -0.2) is 37.6 Å². The minimum Gasteiger partial charge on any atom is -0.327 e. The third-order valence-electron chi connectivity index (χ3n) is 4.66. The minimum absolute atomic E-state index is 0.217. The normalized spacial score (nSPS) is 39.2. The summed E-state index contributed by atoms with van der Waals surface area (Å²) in [5.41, 5.74) is 6.12. The molecular weight excluding hydrogens is 236 g/mol. The first kappa shape index (κ1) is 11.9. The van der Waals surface area contributed by atoms with Crippen molar-refractivity contribution in [3.05, 3.63) is 0 Å². The van der Waals surface area contributed by atoms with Crippen molar-refractivity contribution < 1.29 is 8.42 Å². The van der Waals surface area contributed by atoms with Crippen LogP contribution in [0.3, 0.4) is 0 Å². The van der Waals surface area contributed by atoms with Crippen LogP contribution < -0.4 is 5.73 Å². The third kappa shape index (κ3) is 2.37. The first-order valence-electron chi connectivity index (χ1n) is 6.79. The van der Waals surface area contributed by atoms with E-state index < -0.39 is 10.0 Å². The molecule has 0 amide bonds. The van der Waals surface area contributed by atoms with Gasteiger partial charge in [0.1, 0.15) is 0 Å². The topological polar surface area (TPSA) is 63.4 Å². The summed E-state index contributed by atoms with van der Waals surface area (Å²) in [6.45, 7) is 1.41. The molecule has 1 heterocycles. The lowest BCUT2D eigenvalue weighted by Gasteiger charge is -2.29. The van der Waals surface area contributed by atoms with Crippen molar-refractivity contribution in [2.75, 3.05) is 18.8 Å². The highest BCUT2D eigenvalue weighted by molar-refractivity contribution is 7.89. The molecular formula is C12H22N2O2S. The van der Waals surface area contributed by atoms with Crippen LogP contribution in [0.4, 0.5) is 0 Å². The third-order valence-corrected chi connectivity index (χ3v) is 6.63. The average molecular weight is 258 g/mol. The molecule has 3 unspecified atom stereocenters. The molecule has 3 atom stereocenters. The lowest BCUT2D eigenvalue weighted by Crippen LogP contribution is -2.38. The lowest BCUT2D eigenvalue weighted by molar-refractivity contribution is 0.260. The molecule has 3 fully saturated rings.